The summed E-state index contributed by atoms with van der Waals surface area (Å²) in [5, 5.41) is 2.87. The van der Waals surface area contributed by atoms with Gasteiger partial charge in [-0.05, 0) is 41.5 Å². The van der Waals surface area contributed by atoms with Gasteiger partial charge in [-0.25, -0.2) is 0 Å². The highest BCUT2D eigenvalue weighted by Gasteiger charge is 1.99. The molecule has 3 nitrogen and oxygen atoms in total. The van der Waals surface area contributed by atoms with Crippen LogP contribution in [0.2, 0.25) is 0 Å². The highest BCUT2D eigenvalue weighted by molar-refractivity contribution is 5.91. The molecule has 25 heavy (non-hydrogen) atoms. The van der Waals surface area contributed by atoms with Crippen molar-refractivity contribution in [3.8, 4) is 11.5 Å². The van der Waals surface area contributed by atoms with Crippen LogP contribution in [0.3, 0.4) is 0 Å². The number of ether oxygens (including phenoxy) is 1. The van der Waals surface area contributed by atoms with Crippen LogP contribution in [0.4, 0.5) is 0 Å². The van der Waals surface area contributed by atoms with Crippen molar-refractivity contribution in [1.82, 2.24) is 5.32 Å². The predicted molar refractivity (Wildman–Crippen MR) is 100 cm³/mol. The van der Waals surface area contributed by atoms with E-state index in [-0.39, 0.29) is 5.91 Å². The Bertz CT molecular complexity index is 842. The van der Waals surface area contributed by atoms with E-state index in [1.165, 1.54) is 6.08 Å². The topological polar surface area (TPSA) is 38.3 Å². The maximum absolute atomic E-state index is 11.9. The first kappa shape index (κ1) is 16.5. The molecule has 0 unspecified atom stereocenters. The van der Waals surface area contributed by atoms with Gasteiger partial charge in [-0.1, -0.05) is 60.7 Å². The summed E-state index contributed by atoms with van der Waals surface area (Å²) >= 11 is 0. The van der Waals surface area contributed by atoms with Crippen LogP contribution in [0.5, 0.6) is 11.5 Å². The number of carbonyl (C=O) groups excluding carboxylic acids is 1. The fraction of sp³-hybridized carbons (Fsp3) is 0.0455. The van der Waals surface area contributed by atoms with Crippen molar-refractivity contribution < 1.29 is 9.53 Å². The molecule has 0 saturated heterocycles. The fourth-order valence-corrected chi connectivity index (χ4v) is 2.32. The summed E-state index contributed by atoms with van der Waals surface area (Å²) in [6.45, 7) is 0.515. The Hall–Kier alpha value is -3.33. The molecule has 0 saturated carbocycles. The van der Waals surface area contributed by atoms with E-state index in [9.17, 15) is 4.79 Å². The molecule has 3 rings (SSSR count). The maximum Gasteiger partial charge on any atom is 0.244 e. The molecular formula is C22H19NO2. The third kappa shape index (κ3) is 5.36. The van der Waals surface area contributed by atoms with Crippen molar-refractivity contribution in [3.63, 3.8) is 0 Å². The van der Waals surface area contributed by atoms with Crippen LogP contribution in [0.25, 0.3) is 6.08 Å². The maximum atomic E-state index is 11.9. The second-order valence-electron chi connectivity index (χ2n) is 5.52. The van der Waals surface area contributed by atoms with Crippen molar-refractivity contribution in [1.29, 1.82) is 0 Å². The molecule has 0 aromatic heterocycles. The lowest BCUT2D eigenvalue weighted by Crippen LogP contribution is -2.20. The second kappa shape index (κ2) is 8.50. The minimum absolute atomic E-state index is 0.127. The lowest BCUT2D eigenvalue weighted by molar-refractivity contribution is -0.116. The Morgan fingerprint density at radius 2 is 1.52 bits per heavy atom. The average molecular weight is 329 g/mol. The molecule has 3 aromatic rings. The third-order valence-corrected chi connectivity index (χ3v) is 3.57. The Morgan fingerprint density at radius 1 is 0.840 bits per heavy atom. The molecule has 0 bridgehead atoms. The summed E-state index contributed by atoms with van der Waals surface area (Å²) in [4.78, 5) is 11.9. The minimum atomic E-state index is -0.127. The number of hydrogen-bond acceptors (Lipinski definition) is 2. The van der Waals surface area contributed by atoms with Crippen LogP contribution in [-0.4, -0.2) is 5.91 Å². The van der Waals surface area contributed by atoms with Gasteiger partial charge in [0, 0.05) is 12.6 Å². The van der Waals surface area contributed by atoms with E-state index in [2.05, 4.69) is 5.32 Å². The van der Waals surface area contributed by atoms with Gasteiger partial charge >= 0.3 is 0 Å². The summed E-state index contributed by atoms with van der Waals surface area (Å²) in [5.74, 6) is 1.39. The van der Waals surface area contributed by atoms with Crippen molar-refractivity contribution in [2.45, 2.75) is 6.54 Å². The molecule has 0 aliphatic rings. The van der Waals surface area contributed by atoms with Crippen molar-refractivity contribution in [2.24, 2.45) is 0 Å². The standard InChI is InChI=1S/C22H19NO2/c24-22(23-17-19-8-3-1-4-9-19)15-14-18-10-7-13-21(16-18)25-20-11-5-2-6-12-20/h1-16H,17H2,(H,23,24)/b15-14+. The van der Waals surface area contributed by atoms with Gasteiger partial charge in [-0.3, -0.25) is 4.79 Å². The number of benzene rings is 3. The molecule has 0 spiro atoms. The van der Waals surface area contributed by atoms with Gasteiger partial charge in [0.15, 0.2) is 0 Å². The molecule has 3 heteroatoms. The summed E-state index contributed by atoms with van der Waals surface area (Å²) in [5.41, 5.74) is 1.98. The molecule has 1 N–H and O–H groups in total. The van der Waals surface area contributed by atoms with Crippen LogP contribution in [0.15, 0.2) is 91.0 Å². The van der Waals surface area contributed by atoms with Gasteiger partial charge in [0.2, 0.25) is 5.91 Å². The first-order chi connectivity index (χ1) is 12.3. The normalized spacial score (nSPS) is 10.6. The molecule has 124 valence electrons. The fourth-order valence-electron chi connectivity index (χ4n) is 2.32. The van der Waals surface area contributed by atoms with E-state index in [0.29, 0.717) is 6.54 Å². The predicted octanol–water partition coefficient (Wildman–Crippen LogP) is 4.81. The van der Waals surface area contributed by atoms with Gasteiger partial charge in [0.1, 0.15) is 11.5 Å². The number of para-hydroxylation sites is 1. The van der Waals surface area contributed by atoms with Gasteiger partial charge < -0.3 is 10.1 Å². The number of amides is 1. The first-order valence-electron chi connectivity index (χ1n) is 8.12. The van der Waals surface area contributed by atoms with Crippen LogP contribution >= 0.6 is 0 Å². The van der Waals surface area contributed by atoms with Crippen LogP contribution in [0, 0.1) is 0 Å². The highest BCUT2D eigenvalue weighted by atomic mass is 16.5. The highest BCUT2D eigenvalue weighted by Crippen LogP contribution is 2.22. The SMILES string of the molecule is O=C(/C=C/c1cccc(Oc2ccccc2)c1)NCc1ccccc1. The quantitative estimate of drug-likeness (QED) is 0.659. The van der Waals surface area contributed by atoms with E-state index in [0.717, 1.165) is 22.6 Å². The van der Waals surface area contributed by atoms with Crippen LogP contribution in [-0.2, 0) is 11.3 Å². The van der Waals surface area contributed by atoms with Crippen molar-refractivity contribution in [3.05, 3.63) is 102 Å². The zero-order valence-corrected chi connectivity index (χ0v) is 13.8. The van der Waals surface area contributed by atoms with Crippen LogP contribution < -0.4 is 10.1 Å². The Balaban J connectivity index is 1.57. The Morgan fingerprint density at radius 3 is 2.28 bits per heavy atom. The van der Waals surface area contributed by atoms with E-state index < -0.39 is 0 Å². The molecule has 0 aliphatic carbocycles. The Labute approximate surface area is 147 Å². The summed E-state index contributed by atoms with van der Waals surface area (Å²) in [6, 6.07) is 27.0. The smallest absolute Gasteiger partial charge is 0.244 e. The number of rotatable bonds is 6. The van der Waals surface area contributed by atoms with Crippen LogP contribution in [0.1, 0.15) is 11.1 Å². The largest absolute Gasteiger partial charge is 0.457 e. The van der Waals surface area contributed by atoms with E-state index in [1.54, 1.807) is 6.08 Å². The molecule has 3 aromatic carbocycles. The Kier molecular flexibility index (Phi) is 5.62. The second-order valence-corrected chi connectivity index (χ2v) is 5.52. The number of carbonyl (C=O) groups is 1. The zero-order chi connectivity index (χ0) is 17.3. The molecule has 0 heterocycles. The van der Waals surface area contributed by atoms with E-state index >= 15 is 0 Å². The number of hydrogen-bond donors (Lipinski definition) is 1. The average Bonchev–Trinajstić information content (AvgIpc) is 2.67. The molecule has 0 fully saturated rings. The van der Waals surface area contributed by atoms with E-state index in [1.807, 2.05) is 84.9 Å². The minimum Gasteiger partial charge on any atom is -0.457 e. The third-order valence-electron chi connectivity index (χ3n) is 3.57. The lowest BCUT2D eigenvalue weighted by atomic mass is 10.2. The van der Waals surface area contributed by atoms with Crippen molar-refractivity contribution in [2.75, 3.05) is 0 Å². The molecule has 0 aliphatic heterocycles. The van der Waals surface area contributed by atoms with Gasteiger partial charge in [-0.15, -0.1) is 0 Å². The first-order valence-corrected chi connectivity index (χ1v) is 8.12. The lowest BCUT2D eigenvalue weighted by Gasteiger charge is -2.06. The monoisotopic (exact) mass is 329 g/mol. The zero-order valence-electron chi connectivity index (χ0n) is 13.8. The summed E-state index contributed by atoms with van der Waals surface area (Å²) in [7, 11) is 0. The summed E-state index contributed by atoms with van der Waals surface area (Å²) < 4.78 is 5.80. The van der Waals surface area contributed by atoms with Gasteiger partial charge in [-0.2, -0.15) is 0 Å². The number of nitrogens with one attached hydrogen (secondary N) is 1. The van der Waals surface area contributed by atoms with Gasteiger partial charge in [0.25, 0.3) is 0 Å². The molecule has 0 radical (unpaired) electrons. The van der Waals surface area contributed by atoms with Gasteiger partial charge in [0.05, 0.1) is 0 Å². The molecular weight excluding hydrogens is 310 g/mol. The molecule has 0 atom stereocenters. The van der Waals surface area contributed by atoms with Crippen molar-refractivity contribution >= 4 is 12.0 Å². The van der Waals surface area contributed by atoms with E-state index in [4.69, 9.17) is 4.74 Å². The summed E-state index contributed by atoms with van der Waals surface area (Å²) in [6.07, 6.45) is 3.31. The molecule has 1 amide bonds.